The first-order valence-electron chi connectivity index (χ1n) is 5.71. The SMILES string of the molecule is O=C1Nc2ccccc2S(=O)(=O)N1CCOCC(F)F. The number of carbonyl (C=O) groups excluding carboxylic acids is 1. The third-order valence-electron chi connectivity index (χ3n) is 2.61. The minimum atomic E-state index is -3.98. The van der Waals surface area contributed by atoms with Crippen LogP contribution in [0.1, 0.15) is 0 Å². The van der Waals surface area contributed by atoms with Crippen LogP contribution >= 0.6 is 0 Å². The Hall–Kier alpha value is -1.74. The Labute approximate surface area is 114 Å². The van der Waals surface area contributed by atoms with Crippen molar-refractivity contribution < 1.29 is 26.7 Å². The van der Waals surface area contributed by atoms with Crippen molar-refractivity contribution in [3.05, 3.63) is 24.3 Å². The topological polar surface area (TPSA) is 75.7 Å². The van der Waals surface area contributed by atoms with Gasteiger partial charge in [-0.2, -0.15) is 0 Å². The van der Waals surface area contributed by atoms with Gasteiger partial charge >= 0.3 is 6.03 Å². The number of nitrogens with zero attached hydrogens (tertiary/aromatic N) is 1. The molecule has 1 N–H and O–H groups in total. The quantitative estimate of drug-likeness (QED) is 0.837. The molecule has 1 aromatic carbocycles. The molecule has 0 aliphatic carbocycles. The number of nitrogens with one attached hydrogen (secondary N) is 1. The van der Waals surface area contributed by atoms with Crippen LogP contribution in [0.2, 0.25) is 0 Å². The second kappa shape index (κ2) is 5.71. The molecule has 0 aromatic heterocycles. The van der Waals surface area contributed by atoms with Crippen LogP contribution in [-0.4, -0.2) is 44.9 Å². The van der Waals surface area contributed by atoms with Crippen molar-refractivity contribution >= 4 is 21.7 Å². The number of urea groups is 1. The number of alkyl halides is 2. The average molecular weight is 306 g/mol. The van der Waals surface area contributed by atoms with Crippen LogP contribution in [-0.2, 0) is 14.8 Å². The molecule has 2 rings (SSSR count). The van der Waals surface area contributed by atoms with Crippen LogP contribution in [0.3, 0.4) is 0 Å². The van der Waals surface area contributed by atoms with E-state index in [0.717, 1.165) is 0 Å². The molecule has 0 bridgehead atoms. The van der Waals surface area contributed by atoms with Gasteiger partial charge in [-0.15, -0.1) is 0 Å². The number of fused-ring (bicyclic) bond motifs is 1. The fraction of sp³-hybridized carbons (Fsp3) is 0.364. The van der Waals surface area contributed by atoms with Crippen molar-refractivity contribution in [3.63, 3.8) is 0 Å². The van der Waals surface area contributed by atoms with Gasteiger partial charge in [-0.25, -0.2) is 26.3 Å². The normalized spacial score (nSPS) is 16.9. The van der Waals surface area contributed by atoms with Crippen molar-refractivity contribution in [2.75, 3.05) is 25.1 Å². The van der Waals surface area contributed by atoms with Gasteiger partial charge in [0.15, 0.2) is 0 Å². The number of sulfonamides is 1. The molecule has 0 spiro atoms. The summed E-state index contributed by atoms with van der Waals surface area (Å²) in [5, 5.41) is 2.42. The molecule has 1 aliphatic rings. The van der Waals surface area contributed by atoms with Crippen LogP contribution in [0.15, 0.2) is 29.2 Å². The molecule has 110 valence electrons. The Balaban J connectivity index is 2.13. The van der Waals surface area contributed by atoms with Crippen molar-refractivity contribution in [2.45, 2.75) is 11.3 Å². The van der Waals surface area contributed by atoms with Crippen LogP contribution in [0.5, 0.6) is 0 Å². The molecule has 1 heterocycles. The van der Waals surface area contributed by atoms with E-state index >= 15 is 0 Å². The summed E-state index contributed by atoms with van der Waals surface area (Å²) in [6.45, 7) is -1.42. The molecule has 9 heteroatoms. The highest BCUT2D eigenvalue weighted by Gasteiger charge is 2.35. The molecule has 0 radical (unpaired) electrons. The fourth-order valence-electron chi connectivity index (χ4n) is 1.74. The molecule has 0 saturated carbocycles. The first kappa shape index (κ1) is 14.7. The molecule has 6 nitrogen and oxygen atoms in total. The van der Waals surface area contributed by atoms with Gasteiger partial charge in [-0.3, -0.25) is 0 Å². The van der Waals surface area contributed by atoms with E-state index < -0.39 is 29.1 Å². The van der Waals surface area contributed by atoms with Crippen LogP contribution in [0, 0.1) is 0 Å². The molecule has 0 atom stereocenters. The number of anilines is 1. The minimum Gasteiger partial charge on any atom is -0.374 e. The zero-order valence-electron chi connectivity index (χ0n) is 10.3. The summed E-state index contributed by atoms with van der Waals surface area (Å²) in [7, 11) is -3.98. The predicted molar refractivity (Wildman–Crippen MR) is 66.2 cm³/mol. The number of benzene rings is 1. The molecule has 1 aromatic rings. The van der Waals surface area contributed by atoms with Gasteiger partial charge in [0, 0.05) is 0 Å². The fourth-order valence-corrected chi connectivity index (χ4v) is 3.21. The number of hydrogen-bond donors (Lipinski definition) is 1. The number of ether oxygens (including phenoxy) is 1. The Morgan fingerprint density at radius 3 is 2.70 bits per heavy atom. The third kappa shape index (κ3) is 2.88. The van der Waals surface area contributed by atoms with Gasteiger partial charge in [0.25, 0.3) is 16.4 Å². The zero-order chi connectivity index (χ0) is 14.8. The van der Waals surface area contributed by atoms with E-state index in [-0.39, 0.29) is 23.7 Å². The van der Waals surface area contributed by atoms with E-state index in [0.29, 0.717) is 4.31 Å². The van der Waals surface area contributed by atoms with Crippen molar-refractivity contribution in [2.24, 2.45) is 0 Å². The number of carbonyl (C=O) groups is 1. The Morgan fingerprint density at radius 1 is 1.30 bits per heavy atom. The summed E-state index contributed by atoms with van der Waals surface area (Å²) in [5.74, 6) is 0. The second-order valence-electron chi connectivity index (χ2n) is 3.97. The van der Waals surface area contributed by atoms with Crippen molar-refractivity contribution in [1.29, 1.82) is 0 Å². The summed E-state index contributed by atoms with van der Waals surface area (Å²) in [5.41, 5.74) is 0.197. The highest BCUT2D eigenvalue weighted by Crippen LogP contribution is 2.29. The Bertz CT molecular complexity index is 606. The van der Waals surface area contributed by atoms with Crippen LogP contribution in [0.4, 0.5) is 19.3 Å². The highest BCUT2D eigenvalue weighted by atomic mass is 32.2. The summed E-state index contributed by atoms with van der Waals surface area (Å²) < 4.78 is 53.3. The van der Waals surface area contributed by atoms with Gasteiger partial charge < -0.3 is 10.1 Å². The Morgan fingerprint density at radius 2 is 2.00 bits per heavy atom. The number of hydrogen-bond acceptors (Lipinski definition) is 4. The number of rotatable bonds is 5. The average Bonchev–Trinajstić information content (AvgIpc) is 2.37. The molecule has 1 aliphatic heterocycles. The van der Waals surface area contributed by atoms with Gasteiger partial charge in [0.2, 0.25) is 0 Å². The molecule has 0 saturated heterocycles. The largest absolute Gasteiger partial charge is 0.374 e. The van der Waals surface area contributed by atoms with E-state index in [9.17, 15) is 22.0 Å². The smallest absolute Gasteiger partial charge is 0.335 e. The molecule has 0 fully saturated rings. The van der Waals surface area contributed by atoms with Gasteiger partial charge in [-0.1, -0.05) is 12.1 Å². The maximum absolute atomic E-state index is 12.2. The molecular weight excluding hydrogens is 294 g/mol. The van der Waals surface area contributed by atoms with Gasteiger partial charge in [0.1, 0.15) is 11.5 Å². The molecule has 2 amide bonds. The van der Waals surface area contributed by atoms with E-state index in [1.54, 1.807) is 6.07 Å². The maximum atomic E-state index is 12.2. The first-order valence-corrected chi connectivity index (χ1v) is 7.15. The lowest BCUT2D eigenvalue weighted by atomic mass is 10.3. The van der Waals surface area contributed by atoms with Crippen molar-refractivity contribution in [3.8, 4) is 0 Å². The monoisotopic (exact) mass is 306 g/mol. The number of amides is 2. The van der Waals surface area contributed by atoms with E-state index in [4.69, 9.17) is 0 Å². The second-order valence-corrected chi connectivity index (χ2v) is 5.80. The minimum absolute atomic E-state index is 0.0338. The van der Waals surface area contributed by atoms with Crippen molar-refractivity contribution in [1.82, 2.24) is 4.31 Å². The highest BCUT2D eigenvalue weighted by molar-refractivity contribution is 7.90. The van der Waals surface area contributed by atoms with Crippen LogP contribution < -0.4 is 5.32 Å². The summed E-state index contributed by atoms with van der Waals surface area (Å²) in [6.07, 6.45) is -2.64. The molecular formula is C11H12F2N2O4S. The zero-order valence-corrected chi connectivity index (χ0v) is 11.1. The summed E-state index contributed by atoms with van der Waals surface area (Å²) in [6, 6.07) is 5.12. The molecule has 0 unspecified atom stereocenters. The summed E-state index contributed by atoms with van der Waals surface area (Å²) in [4.78, 5) is 11.7. The Kier molecular flexibility index (Phi) is 4.19. The number of para-hydroxylation sites is 1. The predicted octanol–water partition coefficient (Wildman–Crippen LogP) is 1.50. The van der Waals surface area contributed by atoms with Crippen LogP contribution in [0.25, 0.3) is 0 Å². The lowest BCUT2D eigenvalue weighted by Gasteiger charge is -2.28. The first-order chi connectivity index (χ1) is 9.43. The van der Waals surface area contributed by atoms with E-state index in [2.05, 4.69) is 10.1 Å². The lowest BCUT2D eigenvalue weighted by Crippen LogP contribution is -2.45. The van der Waals surface area contributed by atoms with Gasteiger partial charge in [0.05, 0.1) is 18.8 Å². The molecule has 20 heavy (non-hydrogen) atoms. The van der Waals surface area contributed by atoms with Gasteiger partial charge in [-0.05, 0) is 12.1 Å². The number of halogens is 2. The van der Waals surface area contributed by atoms with E-state index in [1.165, 1.54) is 18.2 Å². The standard InChI is InChI=1S/C11H12F2N2O4S/c12-10(13)7-19-6-5-15-11(16)14-8-3-1-2-4-9(8)20(15,17)18/h1-4,10H,5-7H2,(H,14,16). The van der Waals surface area contributed by atoms with E-state index in [1.807, 2.05) is 0 Å². The summed E-state index contributed by atoms with van der Waals surface area (Å²) >= 11 is 0. The maximum Gasteiger partial charge on any atom is 0.335 e. The lowest BCUT2D eigenvalue weighted by molar-refractivity contribution is 0.0163. The third-order valence-corrected chi connectivity index (χ3v) is 4.45.